The molecule has 0 fully saturated rings. The van der Waals surface area contributed by atoms with E-state index in [0.29, 0.717) is 36.6 Å². The van der Waals surface area contributed by atoms with Crippen LogP contribution in [0.4, 0.5) is 4.39 Å². The number of halogens is 1. The number of ether oxygens (including phenoxy) is 2. The highest BCUT2D eigenvalue weighted by Gasteiger charge is 2.33. The van der Waals surface area contributed by atoms with Crippen molar-refractivity contribution in [2.24, 2.45) is 0 Å². The summed E-state index contributed by atoms with van der Waals surface area (Å²) in [6, 6.07) is 14.6. The molecule has 0 radical (unpaired) electrons. The van der Waals surface area contributed by atoms with Gasteiger partial charge in [0.2, 0.25) is 5.91 Å². The highest BCUT2D eigenvalue weighted by molar-refractivity contribution is 7.10. The molecule has 4 rings (SSSR count). The van der Waals surface area contributed by atoms with Crippen LogP contribution >= 0.6 is 11.3 Å². The number of nitrogens with zero attached hydrogens (tertiary/aromatic N) is 2. The molecular weight excluding hydrogens is 467 g/mol. The fourth-order valence-electron chi connectivity index (χ4n) is 4.33. The van der Waals surface area contributed by atoms with Crippen LogP contribution in [0.25, 0.3) is 0 Å². The topological polar surface area (TPSA) is 59.1 Å². The van der Waals surface area contributed by atoms with E-state index in [-0.39, 0.29) is 31.0 Å². The number of amides is 2. The van der Waals surface area contributed by atoms with E-state index in [1.807, 2.05) is 47.5 Å². The predicted octanol–water partition coefficient (Wildman–Crippen LogP) is 4.95. The van der Waals surface area contributed by atoms with Gasteiger partial charge in [-0.25, -0.2) is 4.39 Å². The highest BCUT2D eigenvalue weighted by Crippen LogP contribution is 2.35. The lowest BCUT2D eigenvalue weighted by Gasteiger charge is -2.37. The maximum Gasteiger partial charge on any atom is 0.254 e. The standard InChI is InChI=1S/C27H29FN2O4S/c1-3-14-29(27(32)19-8-10-20(28)11-9-19)17-26(31)30-15-12-25-21(13-16-35-25)22(30)18-34-24-7-5-4-6-23(24)33-2/h4-11,13,16,22H,3,12,14-15,17-18H2,1-2H3/t22-/m0/s1. The second kappa shape index (κ2) is 11.4. The molecule has 8 heteroatoms. The molecule has 2 amide bonds. The third-order valence-electron chi connectivity index (χ3n) is 6.08. The monoisotopic (exact) mass is 496 g/mol. The number of thiophene rings is 1. The molecule has 0 unspecified atom stereocenters. The Morgan fingerprint density at radius 2 is 1.86 bits per heavy atom. The summed E-state index contributed by atoms with van der Waals surface area (Å²) in [5, 5.41) is 2.04. The molecule has 1 aromatic heterocycles. The maximum atomic E-state index is 13.5. The van der Waals surface area contributed by atoms with Gasteiger partial charge in [0.05, 0.1) is 13.2 Å². The van der Waals surface area contributed by atoms with Crippen LogP contribution in [-0.4, -0.2) is 55.0 Å². The van der Waals surface area contributed by atoms with Gasteiger partial charge in [0.1, 0.15) is 19.0 Å². The quantitative estimate of drug-likeness (QED) is 0.421. The number of para-hydroxylation sites is 2. The number of hydrogen-bond donors (Lipinski definition) is 0. The minimum Gasteiger partial charge on any atom is -0.493 e. The fraction of sp³-hybridized carbons (Fsp3) is 0.333. The van der Waals surface area contributed by atoms with Crippen LogP contribution in [0.15, 0.2) is 60.0 Å². The zero-order valence-electron chi connectivity index (χ0n) is 19.9. The average Bonchev–Trinajstić information content (AvgIpc) is 3.36. The second-order valence-electron chi connectivity index (χ2n) is 8.35. The third kappa shape index (κ3) is 5.65. The number of rotatable bonds is 9. The van der Waals surface area contributed by atoms with Crippen LogP contribution in [0.5, 0.6) is 11.5 Å². The number of carbonyl (C=O) groups is 2. The van der Waals surface area contributed by atoms with Crippen LogP contribution in [-0.2, 0) is 11.2 Å². The molecule has 2 heterocycles. The minimum absolute atomic E-state index is 0.0469. The van der Waals surface area contributed by atoms with Crippen molar-refractivity contribution in [1.82, 2.24) is 9.80 Å². The summed E-state index contributed by atoms with van der Waals surface area (Å²) in [5.41, 5.74) is 1.44. The Labute approximate surface area is 208 Å². The van der Waals surface area contributed by atoms with Gasteiger partial charge in [-0.05, 0) is 66.2 Å². The minimum atomic E-state index is -0.405. The van der Waals surface area contributed by atoms with Gasteiger partial charge in [-0.15, -0.1) is 11.3 Å². The number of benzene rings is 2. The summed E-state index contributed by atoms with van der Waals surface area (Å²) in [6.07, 6.45) is 1.47. The number of methoxy groups -OCH3 is 1. The van der Waals surface area contributed by atoms with E-state index >= 15 is 0 Å². The van der Waals surface area contributed by atoms with Gasteiger partial charge >= 0.3 is 0 Å². The number of fused-ring (bicyclic) bond motifs is 1. The SMILES string of the molecule is CCCN(CC(=O)N1CCc2sccc2[C@@H]1COc1ccccc1OC)C(=O)c1ccc(F)cc1. The van der Waals surface area contributed by atoms with Crippen LogP contribution in [0.1, 0.15) is 40.2 Å². The molecule has 2 aromatic carbocycles. The van der Waals surface area contributed by atoms with Crippen molar-refractivity contribution in [3.05, 3.63) is 81.8 Å². The first-order chi connectivity index (χ1) is 17.0. The zero-order chi connectivity index (χ0) is 24.8. The van der Waals surface area contributed by atoms with E-state index in [9.17, 15) is 14.0 Å². The summed E-state index contributed by atoms with van der Waals surface area (Å²) in [4.78, 5) is 31.2. The first-order valence-electron chi connectivity index (χ1n) is 11.7. The van der Waals surface area contributed by atoms with Crippen molar-refractivity contribution < 1.29 is 23.5 Å². The molecule has 184 valence electrons. The highest BCUT2D eigenvalue weighted by atomic mass is 32.1. The normalized spacial score (nSPS) is 14.8. The van der Waals surface area contributed by atoms with Crippen LogP contribution in [0, 0.1) is 5.82 Å². The van der Waals surface area contributed by atoms with E-state index in [2.05, 4.69) is 0 Å². The van der Waals surface area contributed by atoms with E-state index in [1.165, 1.54) is 34.0 Å². The van der Waals surface area contributed by atoms with Crippen LogP contribution in [0.2, 0.25) is 0 Å². The summed E-state index contributed by atoms with van der Waals surface area (Å²) >= 11 is 1.68. The van der Waals surface area contributed by atoms with Crippen molar-refractivity contribution in [3.63, 3.8) is 0 Å². The average molecular weight is 497 g/mol. The Morgan fingerprint density at radius 3 is 2.57 bits per heavy atom. The summed E-state index contributed by atoms with van der Waals surface area (Å²) in [5.74, 6) is 0.418. The third-order valence-corrected chi connectivity index (χ3v) is 7.08. The lowest BCUT2D eigenvalue weighted by molar-refractivity contribution is -0.135. The van der Waals surface area contributed by atoms with E-state index in [4.69, 9.17) is 9.47 Å². The Bertz CT molecular complexity index is 1160. The van der Waals surface area contributed by atoms with Crippen molar-refractivity contribution in [2.45, 2.75) is 25.8 Å². The van der Waals surface area contributed by atoms with Crippen LogP contribution in [0.3, 0.4) is 0 Å². The van der Waals surface area contributed by atoms with Gasteiger partial charge in [-0.2, -0.15) is 0 Å². The molecule has 0 aliphatic carbocycles. The van der Waals surface area contributed by atoms with Gasteiger partial charge in [0, 0.05) is 23.5 Å². The molecule has 3 aromatic rings. The van der Waals surface area contributed by atoms with Crippen molar-refractivity contribution in [1.29, 1.82) is 0 Å². The van der Waals surface area contributed by atoms with Gasteiger partial charge in [-0.1, -0.05) is 19.1 Å². The zero-order valence-corrected chi connectivity index (χ0v) is 20.7. The molecule has 1 atom stereocenters. The Hall–Kier alpha value is -3.39. The Kier molecular flexibility index (Phi) is 8.02. The Morgan fingerprint density at radius 1 is 1.11 bits per heavy atom. The molecule has 1 aliphatic rings. The van der Waals surface area contributed by atoms with Gasteiger partial charge in [-0.3, -0.25) is 9.59 Å². The first kappa shape index (κ1) is 24.7. The summed E-state index contributed by atoms with van der Waals surface area (Å²) < 4.78 is 24.9. The van der Waals surface area contributed by atoms with Gasteiger partial charge in [0.25, 0.3) is 5.91 Å². The van der Waals surface area contributed by atoms with E-state index in [1.54, 1.807) is 18.4 Å². The fourth-order valence-corrected chi connectivity index (χ4v) is 5.26. The van der Waals surface area contributed by atoms with Crippen molar-refractivity contribution >= 4 is 23.2 Å². The van der Waals surface area contributed by atoms with E-state index in [0.717, 1.165) is 12.0 Å². The first-order valence-corrected chi connectivity index (χ1v) is 12.6. The smallest absolute Gasteiger partial charge is 0.254 e. The molecule has 0 N–H and O–H groups in total. The molecular formula is C27H29FN2O4S. The molecule has 0 saturated carbocycles. The molecule has 0 bridgehead atoms. The maximum absolute atomic E-state index is 13.5. The van der Waals surface area contributed by atoms with Gasteiger partial charge < -0.3 is 19.3 Å². The van der Waals surface area contributed by atoms with Crippen molar-refractivity contribution in [3.8, 4) is 11.5 Å². The van der Waals surface area contributed by atoms with Crippen molar-refractivity contribution in [2.75, 3.05) is 33.4 Å². The van der Waals surface area contributed by atoms with Crippen LogP contribution < -0.4 is 9.47 Å². The molecule has 1 aliphatic heterocycles. The predicted molar refractivity (Wildman–Crippen MR) is 134 cm³/mol. The molecule has 35 heavy (non-hydrogen) atoms. The summed E-state index contributed by atoms with van der Waals surface area (Å²) in [7, 11) is 1.59. The lowest BCUT2D eigenvalue weighted by atomic mass is 10.0. The molecule has 6 nitrogen and oxygen atoms in total. The second-order valence-corrected chi connectivity index (χ2v) is 9.35. The van der Waals surface area contributed by atoms with Gasteiger partial charge in [0.15, 0.2) is 11.5 Å². The summed E-state index contributed by atoms with van der Waals surface area (Å²) in [6.45, 7) is 3.17. The van der Waals surface area contributed by atoms with E-state index < -0.39 is 5.82 Å². The molecule has 0 saturated heterocycles. The largest absolute Gasteiger partial charge is 0.493 e. The number of hydrogen-bond acceptors (Lipinski definition) is 5. The molecule has 0 spiro atoms. The lowest BCUT2D eigenvalue weighted by Crippen LogP contribution is -2.48. The number of carbonyl (C=O) groups excluding carboxylic acids is 2. The Balaban J connectivity index is 1.53.